The minimum atomic E-state index is -0.567. The fraction of sp³-hybridized carbons (Fsp3) is 0.391. The minimum absolute atomic E-state index is 0.0408. The molecule has 4 rings (SSSR count). The number of hydrogen-bond acceptors (Lipinski definition) is 4. The number of likely N-dealkylation sites (tertiary alicyclic amines) is 1. The summed E-state index contributed by atoms with van der Waals surface area (Å²) in [5.41, 5.74) is 1.22. The van der Waals surface area contributed by atoms with E-state index in [1.54, 1.807) is 6.92 Å². The zero-order valence-electron chi connectivity index (χ0n) is 16.6. The summed E-state index contributed by atoms with van der Waals surface area (Å²) in [6, 6.07) is 13.2. The number of ether oxygens (including phenoxy) is 2. The van der Waals surface area contributed by atoms with Crippen molar-refractivity contribution in [2.45, 2.75) is 44.8 Å². The summed E-state index contributed by atoms with van der Waals surface area (Å²) >= 11 is 3.39. The van der Waals surface area contributed by atoms with Crippen molar-refractivity contribution in [2.24, 2.45) is 0 Å². The van der Waals surface area contributed by atoms with Crippen LogP contribution >= 0.6 is 15.9 Å². The quantitative estimate of drug-likeness (QED) is 0.677. The maximum Gasteiger partial charge on any atom is 0.263 e. The lowest BCUT2D eigenvalue weighted by Gasteiger charge is -2.44. The van der Waals surface area contributed by atoms with Crippen LogP contribution in [0.4, 0.5) is 0 Å². The monoisotopic (exact) mass is 457 g/mol. The van der Waals surface area contributed by atoms with E-state index >= 15 is 0 Å². The van der Waals surface area contributed by atoms with Gasteiger partial charge in [-0.05, 0) is 50.2 Å². The first-order chi connectivity index (χ1) is 13.8. The fourth-order valence-corrected chi connectivity index (χ4v) is 4.31. The third-order valence-corrected chi connectivity index (χ3v) is 6.23. The van der Waals surface area contributed by atoms with Crippen LogP contribution in [0.5, 0.6) is 11.5 Å². The fourth-order valence-electron chi connectivity index (χ4n) is 4.05. The number of piperidine rings is 1. The van der Waals surface area contributed by atoms with Crippen LogP contribution in [0.3, 0.4) is 0 Å². The van der Waals surface area contributed by atoms with Gasteiger partial charge in [0.2, 0.25) is 0 Å². The van der Waals surface area contributed by atoms with Crippen LogP contribution in [-0.4, -0.2) is 41.4 Å². The first-order valence-corrected chi connectivity index (χ1v) is 10.7. The number of benzene rings is 2. The van der Waals surface area contributed by atoms with Crippen LogP contribution in [0.1, 0.15) is 42.1 Å². The van der Waals surface area contributed by atoms with Gasteiger partial charge in [0, 0.05) is 30.4 Å². The molecular formula is C23H24BrNO4. The summed E-state index contributed by atoms with van der Waals surface area (Å²) in [7, 11) is 0. The van der Waals surface area contributed by atoms with Crippen LogP contribution in [0.2, 0.25) is 0 Å². The van der Waals surface area contributed by atoms with E-state index in [1.165, 1.54) is 0 Å². The van der Waals surface area contributed by atoms with Crippen molar-refractivity contribution in [3.8, 4) is 11.5 Å². The SMILES string of the molecule is Cc1ccc2c(c1)C(=O)CC1(CCN(C(=O)C(C)Oc3ccc(Br)cc3)CC1)O2. The molecule has 2 aromatic rings. The highest BCUT2D eigenvalue weighted by molar-refractivity contribution is 9.10. The average Bonchev–Trinajstić information content (AvgIpc) is 2.70. The number of amides is 1. The topological polar surface area (TPSA) is 55.8 Å². The van der Waals surface area contributed by atoms with Gasteiger partial charge in [0.1, 0.15) is 17.1 Å². The molecule has 0 aromatic heterocycles. The number of carbonyl (C=O) groups excluding carboxylic acids is 2. The highest BCUT2D eigenvalue weighted by Gasteiger charge is 2.44. The van der Waals surface area contributed by atoms with Crippen LogP contribution in [0, 0.1) is 6.92 Å². The summed E-state index contributed by atoms with van der Waals surface area (Å²) < 4.78 is 13.0. The summed E-state index contributed by atoms with van der Waals surface area (Å²) in [4.78, 5) is 27.3. The van der Waals surface area contributed by atoms with E-state index in [2.05, 4.69) is 15.9 Å². The molecule has 0 N–H and O–H groups in total. The molecule has 29 heavy (non-hydrogen) atoms. The van der Waals surface area contributed by atoms with Gasteiger partial charge >= 0.3 is 0 Å². The van der Waals surface area contributed by atoms with E-state index in [-0.39, 0.29) is 11.7 Å². The highest BCUT2D eigenvalue weighted by atomic mass is 79.9. The number of halogens is 1. The number of hydrogen-bond donors (Lipinski definition) is 0. The zero-order valence-corrected chi connectivity index (χ0v) is 18.2. The van der Waals surface area contributed by atoms with Crippen LogP contribution < -0.4 is 9.47 Å². The first kappa shape index (κ1) is 20.0. The third-order valence-electron chi connectivity index (χ3n) is 5.71. The molecule has 152 valence electrons. The second kappa shape index (κ2) is 7.82. The van der Waals surface area contributed by atoms with Gasteiger partial charge in [-0.3, -0.25) is 9.59 Å². The number of nitrogens with zero attached hydrogens (tertiary/aromatic N) is 1. The number of fused-ring (bicyclic) bond motifs is 1. The lowest BCUT2D eigenvalue weighted by Crippen LogP contribution is -2.54. The molecule has 1 fully saturated rings. The smallest absolute Gasteiger partial charge is 0.263 e. The molecule has 2 aliphatic rings. The maximum absolute atomic E-state index is 12.8. The van der Waals surface area contributed by atoms with Crippen molar-refractivity contribution in [2.75, 3.05) is 13.1 Å². The summed E-state index contributed by atoms with van der Waals surface area (Å²) in [6.45, 7) is 4.86. The Balaban J connectivity index is 1.39. The Morgan fingerprint density at radius 2 is 1.86 bits per heavy atom. The Labute approximate surface area is 179 Å². The standard InChI is InChI=1S/C23H24BrNO4/c1-15-3-8-21-19(13-15)20(26)14-23(29-21)9-11-25(12-10-23)22(27)16(2)28-18-6-4-17(24)5-7-18/h3-8,13,16H,9-12,14H2,1-2H3. The number of aryl methyl sites for hydroxylation is 1. The van der Waals surface area contributed by atoms with Gasteiger partial charge in [0.25, 0.3) is 5.91 Å². The predicted molar refractivity (Wildman–Crippen MR) is 114 cm³/mol. The van der Waals surface area contributed by atoms with Gasteiger partial charge in [0.15, 0.2) is 11.9 Å². The first-order valence-electron chi connectivity index (χ1n) is 9.89. The second-order valence-corrected chi connectivity index (χ2v) is 8.84. The van der Waals surface area contributed by atoms with E-state index < -0.39 is 11.7 Å². The molecule has 0 aliphatic carbocycles. The average molecular weight is 458 g/mol. The molecule has 2 heterocycles. The van der Waals surface area contributed by atoms with Gasteiger partial charge in [-0.1, -0.05) is 27.6 Å². The molecule has 5 nitrogen and oxygen atoms in total. The van der Waals surface area contributed by atoms with Gasteiger partial charge in [0.05, 0.1) is 12.0 Å². The third kappa shape index (κ3) is 4.17. The second-order valence-electron chi connectivity index (χ2n) is 7.92. The molecule has 1 amide bonds. The van der Waals surface area contributed by atoms with Crippen LogP contribution in [0.15, 0.2) is 46.9 Å². The Bertz CT molecular complexity index is 932. The van der Waals surface area contributed by atoms with Gasteiger partial charge < -0.3 is 14.4 Å². The van der Waals surface area contributed by atoms with E-state index in [4.69, 9.17) is 9.47 Å². The summed E-state index contributed by atoms with van der Waals surface area (Å²) in [5, 5.41) is 0. The molecule has 2 aromatic carbocycles. The predicted octanol–water partition coefficient (Wildman–Crippen LogP) is 4.55. The summed E-state index contributed by atoms with van der Waals surface area (Å²) in [5.74, 6) is 1.41. The minimum Gasteiger partial charge on any atom is -0.486 e. The molecule has 1 saturated heterocycles. The number of rotatable bonds is 3. The molecule has 0 bridgehead atoms. The molecular weight excluding hydrogens is 434 g/mol. The lowest BCUT2D eigenvalue weighted by molar-refractivity contribution is -0.141. The number of carbonyl (C=O) groups is 2. The lowest BCUT2D eigenvalue weighted by atomic mass is 9.82. The highest BCUT2D eigenvalue weighted by Crippen LogP contribution is 2.39. The van der Waals surface area contributed by atoms with E-state index in [1.807, 2.05) is 54.3 Å². The van der Waals surface area contributed by atoms with E-state index in [0.717, 1.165) is 10.0 Å². The number of ketones is 1. The van der Waals surface area contributed by atoms with E-state index in [0.29, 0.717) is 49.4 Å². The Kier molecular flexibility index (Phi) is 5.38. The van der Waals surface area contributed by atoms with Crippen molar-refractivity contribution < 1.29 is 19.1 Å². The largest absolute Gasteiger partial charge is 0.486 e. The van der Waals surface area contributed by atoms with Crippen molar-refractivity contribution in [3.05, 3.63) is 58.1 Å². The molecule has 2 aliphatic heterocycles. The molecule has 6 heteroatoms. The van der Waals surface area contributed by atoms with Crippen molar-refractivity contribution >= 4 is 27.6 Å². The van der Waals surface area contributed by atoms with Gasteiger partial charge in [-0.15, -0.1) is 0 Å². The number of Topliss-reactive ketones (excluding diaryl/α,β-unsaturated/α-hetero) is 1. The normalized spacial score (nSPS) is 18.7. The molecule has 0 radical (unpaired) electrons. The van der Waals surface area contributed by atoms with Crippen LogP contribution in [0.25, 0.3) is 0 Å². The Hall–Kier alpha value is -2.34. The van der Waals surface area contributed by atoms with Crippen molar-refractivity contribution in [1.29, 1.82) is 0 Å². The molecule has 1 atom stereocenters. The van der Waals surface area contributed by atoms with Gasteiger partial charge in [-0.2, -0.15) is 0 Å². The summed E-state index contributed by atoms with van der Waals surface area (Å²) in [6.07, 6.45) is 1.09. The van der Waals surface area contributed by atoms with Gasteiger partial charge in [-0.25, -0.2) is 0 Å². The molecule has 0 saturated carbocycles. The zero-order chi connectivity index (χ0) is 20.6. The Morgan fingerprint density at radius 3 is 2.55 bits per heavy atom. The molecule has 1 spiro atoms. The van der Waals surface area contributed by atoms with Crippen LogP contribution in [-0.2, 0) is 4.79 Å². The Morgan fingerprint density at radius 1 is 1.17 bits per heavy atom. The van der Waals surface area contributed by atoms with Crippen molar-refractivity contribution in [1.82, 2.24) is 4.90 Å². The molecule has 1 unspecified atom stereocenters. The van der Waals surface area contributed by atoms with E-state index in [9.17, 15) is 9.59 Å². The van der Waals surface area contributed by atoms with Crippen molar-refractivity contribution in [3.63, 3.8) is 0 Å². The maximum atomic E-state index is 12.8.